The van der Waals surface area contributed by atoms with Crippen LogP contribution in [-0.4, -0.2) is 30.3 Å². The normalized spacial score (nSPS) is 13.8. The van der Waals surface area contributed by atoms with Crippen LogP contribution in [0.1, 0.15) is 34.7 Å². The van der Waals surface area contributed by atoms with Crippen LogP contribution in [0.4, 0.5) is 4.39 Å². The highest BCUT2D eigenvalue weighted by Gasteiger charge is 2.21. The topological polar surface area (TPSA) is 67.8 Å². The molecule has 1 aliphatic heterocycles. The number of benzene rings is 3. The third-order valence-corrected chi connectivity index (χ3v) is 6.08. The Balaban J connectivity index is 1.60. The predicted molar refractivity (Wildman–Crippen MR) is 132 cm³/mol. The fraction of sp³-hybridized carbons (Fsp3) is 0.250. The van der Waals surface area contributed by atoms with Gasteiger partial charge in [-0.05, 0) is 66.3 Å². The van der Waals surface area contributed by atoms with Gasteiger partial charge in [-0.3, -0.25) is 4.79 Å². The molecule has 0 saturated carbocycles. The summed E-state index contributed by atoms with van der Waals surface area (Å²) in [6.07, 6.45) is 4.06. The number of hydrogen-bond donors (Lipinski definition) is 2. The van der Waals surface area contributed by atoms with Crippen LogP contribution < -0.4 is 14.8 Å². The number of carboxylic acids is 1. The van der Waals surface area contributed by atoms with Crippen LogP contribution in [0.2, 0.25) is 0 Å². The largest absolute Gasteiger partial charge is 0.486 e. The van der Waals surface area contributed by atoms with E-state index in [2.05, 4.69) is 5.32 Å². The maximum absolute atomic E-state index is 15.2. The summed E-state index contributed by atoms with van der Waals surface area (Å²) >= 11 is 0. The van der Waals surface area contributed by atoms with Crippen molar-refractivity contribution in [1.82, 2.24) is 5.32 Å². The van der Waals surface area contributed by atoms with E-state index >= 15 is 4.39 Å². The van der Waals surface area contributed by atoms with Crippen molar-refractivity contribution in [3.05, 3.63) is 82.2 Å². The summed E-state index contributed by atoms with van der Waals surface area (Å²) in [7, 11) is 0. The van der Waals surface area contributed by atoms with Crippen molar-refractivity contribution < 1.29 is 23.8 Å². The first-order valence-electron chi connectivity index (χ1n) is 11.3. The summed E-state index contributed by atoms with van der Waals surface area (Å²) in [6.45, 7) is 6.85. The molecule has 0 saturated heterocycles. The number of aryl methyl sites for hydroxylation is 1. The Morgan fingerprint density at radius 1 is 1.06 bits per heavy atom. The van der Waals surface area contributed by atoms with Crippen molar-refractivity contribution in [1.29, 1.82) is 0 Å². The van der Waals surface area contributed by atoms with Crippen molar-refractivity contribution >= 4 is 18.1 Å². The van der Waals surface area contributed by atoms with E-state index in [0.29, 0.717) is 31.1 Å². The zero-order valence-electron chi connectivity index (χ0n) is 19.5. The molecule has 6 heteroatoms. The molecule has 176 valence electrons. The lowest BCUT2D eigenvalue weighted by atomic mass is 9.94. The highest BCUT2D eigenvalue weighted by molar-refractivity contribution is 5.79. The zero-order chi connectivity index (χ0) is 24.2. The van der Waals surface area contributed by atoms with Crippen LogP contribution in [-0.2, 0) is 11.3 Å². The second kappa shape index (κ2) is 10.1. The van der Waals surface area contributed by atoms with Crippen molar-refractivity contribution in [2.45, 2.75) is 33.4 Å². The summed E-state index contributed by atoms with van der Waals surface area (Å²) in [5.74, 6) is -0.684. The third-order valence-electron chi connectivity index (χ3n) is 6.08. The minimum Gasteiger partial charge on any atom is -0.486 e. The van der Waals surface area contributed by atoms with E-state index in [1.807, 2.05) is 62.4 Å². The van der Waals surface area contributed by atoms with Gasteiger partial charge < -0.3 is 19.9 Å². The van der Waals surface area contributed by atoms with Gasteiger partial charge in [0, 0.05) is 12.1 Å². The smallest absolute Gasteiger partial charge is 0.320 e. The molecule has 0 unspecified atom stereocenters. The first kappa shape index (κ1) is 23.5. The molecule has 0 aromatic heterocycles. The van der Waals surface area contributed by atoms with Crippen molar-refractivity contribution in [2.75, 3.05) is 13.2 Å². The molecule has 5 nitrogen and oxygen atoms in total. The van der Waals surface area contributed by atoms with Gasteiger partial charge >= 0.3 is 5.97 Å². The van der Waals surface area contributed by atoms with Crippen LogP contribution in [0.3, 0.4) is 0 Å². The van der Waals surface area contributed by atoms with Crippen LogP contribution in [0.15, 0.2) is 48.5 Å². The summed E-state index contributed by atoms with van der Waals surface area (Å²) in [5, 5.41) is 12.1. The number of rotatable bonds is 7. The van der Waals surface area contributed by atoms with Gasteiger partial charge in [-0.25, -0.2) is 4.39 Å². The fourth-order valence-corrected chi connectivity index (χ4v) is 3.93. The van der Waals surface area contributed by atoms with E-state index in [1.54, 1.807) is 19.1 Å². The predicted octanol–water partition coefficient (Wildman–Crippen LogP) is 5.61. The summed E-state index contributed by atoms with van der Waals surface area (Å²) in [6, 6.07) is 14.8. The molecule has 0 bridgehead atoms. The molecule has 34 heavy (non-hydrogen) atoms. The number of nitrogens with one attached hydrogen (secondary N) is 1. The Labute approximate surface area is 198 Å². The Bertz CT molecular complexity index is 1250. The van der Waals surface area contributed by atoms with E-state index in [4.69, 9.17) is 14.6 Å². The minimum absolute atomic E-state index is 0.169. The van der Waals surface area contributed by atoms with Gasteiger partial charge in [-0.15, -0.1) is 0 Å². The zero-order valence-corrected chi connectivity index (χ0v) is 19.5. The van der Waals surface area contributed by atoms with Gasteiger partial charge in [-0.1, -0.05) is 48.6 Å². The quantitative estimate of drug-likeness (QED) is 0.448. The van der Waals surface area contributed by atoms with Gasteiger partial charge in [0.25, 0.3) is 0 Å². The number of carboxylic acid groups (broad SMARTS) is 1. The first-order valence-corrected chi connectivity index (χ1v) is 11.3. The average Bonchev–Trinajstić information content (AvgIpc) is 2.84. The van der Waals surface area contributed by atoms with E-state index in [-0.39, 0.29) is 5.75 Å². The summed E-state index contributed by atoms with van der Waals surface area (Å²) < 4.78 is 26.2. The maximum atomic E-state index is 15.2. The van der Waals surface area contributed by atoms with Crippen LogP contribution in [0.5, 0.6) is 11.5 Å². The number of aliphatic carboxylic acids is 1. The maximum Gasteiger partial charge on any atom is 0.320 e. The number of fused-ring (bicyclic) bond motifs is 1. The highest BCUT2D eigenvalue weighted by Crippen LogP contribution is 2.39. The molecule has 0 spiro atoms. The molecule has 1 heterocycles. The fourth-order valence-electron chi connectivity index (χ4n) is 3.93. The van der Waals surface area contributed by atoms with Crippen LogP contribution in [0, 0.1) is 19.7 Å². The molecule has 3 aromatic rings. The lowest BCUT2D eigenvalue weighted by Crippen LogP contribution is -2.33. The molecular weight excluding hydrogens is 433 g/mol. The van der Waals surface area contributed by atoms with E-state index in [1.165, 1.54) is 0 Å². The SMILES string of the molecule is Cc1ccc(CN[C@H](C)C(=O)O)cc1/C=C/c1cccc(-c2ccc3c(c2F)OCCO3)c1C. The number of hydrogen-bond acceptors (Lipinski definition) is 4. The minimum atomic E-state index is -0.878. The molecule has 0 aliphatic carbocycles. The summed E-state index contributed by atoms with van der Waals surface area (Å²) in [4.78, 5) is 11.0. The lowest BCUT2D eigenvalue weighted by molar-refractivity contribution is -0.139. The number of carbonyl (C=O) groups is 1. The Kier molecular flexibility index (Phi) is 6.98. The Hall–Kier alpha value is -3.64. The van der Waals surface area contributed by atoms with Crippen molar-refractivity contribution in [3.63, 3.8) is 0 Å². The second-order valence-electron chi connectivity index (χ2n) is 8.44. The van der Waals surface area contributed by atoms with E-state index in [0.717, 1.165) is 33.4 Å². The molecule has 3 aromatic carbocycles. The highest BCUT2D eigenvalue weighted by atomic mass is 19.1. The monoisotopic (exact) mass is 461 g/mol. The Morgan fingerprint density at radius 3 is 2.62 bits per heavy atom. The molecular formula is C28H28FNO4. The molecule has 0 radical (unpaired) electrons. The first-order chi connectivity index (χ1) is 16.3. The molecule has 1 atom stereocenters. The average molecular weight is 462 g/mol. The molecule has 4 rings (SSSR count). The summed E-state index contributed by atoms with van der Waals surface area (Å²) in [5.41, 5.74) is 6.37. The third kappa shape index (κ3) is 4.97. The lowest BCUT2D eigenvalue weighted by Gasteiger charge is -2.20. The van der Waals surface area contributed by atoms with Crippen molar-refractivity contribution in [2.24, 2.45) is 0 Å². The van der Waals surface area contributed by atoms with E-state index < -0.39 is 17.8 Å². The van der Waals surface area contributed by atoms with E-state index in [9.17, 15) is 4.79 Å². The standard InChI is InChI=1S/C28H28FNO4/c1-17-7-8-20(16-30-19(3)28(31)32)15-22(17)10-9-21-5-4-6-23(18(21)2)24-11-12-25-27(26(24)29)34-14-13-33-25/h4-12,15,19,30H,13-14,16H2,1-3H3,(H,31,32)/b10-9+/t19-/m1/s1. The second-order valence-corrected chi connectivity index (χ2v) is 8.44. The molecule has 0 amide bonds. The van der Waals surface area contributed by atoms with Gasteiger partial charge in [-0.2, -0.15) is 0 Å². The van der Waals surface area contributed by atoms with Crippen LogP contribution >= 0.6 is 0 Å². The molecule has 1 aliphatic rings. The van der Waals surface area contributed by atoms with Gasteiger partial charge in [0.15, 0.2) is 17.3 Å². The number of halogens is 1. The van der Waals surface area contributed by atoms with Gasteiger partial charge in [0.1, 0.15) is 19.3 Å². The van der Waals surface area contributed by atoms with Gasteiger partial charge in [0.05, 0.1) is 0 Å². The molecule has 0 fully saturated rings. The van der Waals surface area contributed by atoms with Crippen molar-refractivity contribution in [3.8, 4) is 22.6 Å². The molecule has 2 N–H and O–H groups in total. The van der Waals surface area contributed by atoms with Gasteiger partial charge in [0.2, 0.25) is 0 Å². The van der Waals surface area contributed by atoms with Crippen LogP contribution in [0.25, 0.3) is 23.3 Å². The number of ether oxygens (including phenoxy) is 2. The Morgan fingerprint density at radius 2 is 1.82 bits per heavy atom.